The maximum atomic E-state index is 13.2. The molecule has 2 heterocycles. The van der Waals surface area contributed by atoms with Gasteiger partial charge >= 0.3 is 12.4 Å². The van der Waals surface area contributed by atoms with Gasteiger partial charge in [0.05, 0.1) is 21.7 Å². The van der Waals surface area contributed by atoms with Crippen molar-refractivity contribution < 1.29 is 34.8 Å². The number of pyridine rings is 1. The largest absolute Gasteiger partial charge is 0.431 e. The summed E-state index contributed by atoms with van der Waals surface area (Å²) in [5.41, 5.74) is -4.42. The molecule has 0 saturated heterocycles. The van der Waals surface area contributed by atoms with E-state index in [2.05, 4.69) is 4.98 Å². The van der Waals surface area contributed by atoms with E-state index in [1.807, 2.05) is 0 Å². The normalized spacial score (nSPS) is 13.2. The van der Waals surface area contributed by atoms with Gasteiger partial charge in [-0.2, -0.15) is 26.3 Å². The average Bonchev–Trinajstić information content (AvgIpc) is 2.99. The van der Waals surface area contributed by atoms with Gasteiger partial charge < -0.3 is 9.13 Å². The first-order valence-corrected chi connectivity index (χ1v) is 10.3. The van der Waals surface area contributed by atoms with E-state index < -0.39 is 49.7 Å². The number of rotatable bonds is 3. The van der Waals surface area contributed by atoms with Crippen LogP contribution in [0, 0.1) is 0 Å². The Morgan fingerprint density at radius 2 is 1.58 bits per heavy atom. The van der Waals surface area contributed by atoms with Crippen LogP contribution in [-0.2, 0) is 36.3 Å². The molecule has 0 bridgehead atoms. The molecule has 0 aliphatic carbocycles. The number of hydrogen-bond acceptors (Lipinski definition) is 4. The van der Waals surface area contributed by atoms with Gasteiger partial charge in [-0.25, -0.2) is 13.4 Å². The molecule has 0 radical (unpaired) electrons. The van der Waals surface area contributed by atoms with Crippen LogP contribution in [0.15, 0.2) is 34.0 Å². The van der Waals surface area contributed by atoms with Crippen molar-refractivity contribution in [1.82, 2.24) is 14.1 Å². The maximum absolute atomic E-state index is 13.2. The summed E-state index contributed by atoms with van der Waals surface area (Å²) in [7, 11) is -2.00. The van der Waals surface area contributed by atoms with Crippen LogP contribution in [-0.4, -0.2) is 28.3 Å². The number of sulfone groups is 1. The van der Waals surface area contributed by atoms with Gasteiger partial charge in [-0.15, -0.1) is 0 Å². The minimum absolute atomic E-state index is 0.257. The molecule has 0 atom stereocenters. The lowest BCUT2D eigenvalue weighted by atomic mass is 10.1. The Hall–Kier alpha value is -2.83. The summed E-state index contributed by atoms with van der Waals surface area (Å²) in [5, 5.41) is 0. The van der Waals surface area contributed by atoms with Gasteiger partial charge in [0.1, 0.15) is 17.0 Å². The zero-order valence-electron chi connectivity index (χ0n) is 16.3. The highest BCUT2D eigenvalue weighted by Gasteiger charge is 2.36. The number of alkyl halides is 6. The summed E-state index contributed by atoms with van der Waals surface area (Å²) in [6.07, 6.45) is -9.68. The van der Waals surface area contributed by atoms with Gasteiger partial charge in [0.25, 0.3) is 5.56 Å². The predicted molar refractivity (Wildman–Crippen MR) is 99.1 cm³/mol. The quantitative estimate of drug-likeness (QED) is 0.550. The molecule has 0 aliphatic heterocycles. The fraction of sp³-hybridized carbons (Fsp3) is 0.333. The Morgan fingerprint density at radius 1 is 0.968 bits per heavy atom. The van der Waals surface area contributed by atoms with Gasteiger partial charge in [-0.05, 0) is 24.3 Å². The van der Waals surface area contributed by atoms with E-state index in [1.165, 1.54) is 14.0 Å². The Kier molecular flexibility index (Phi) is 5.24. The number of hydrogen-bond donors (Lipinski definition) is 0. The molecule has 0 unspecified atom stereocenters. The van der Waals surface area contributed by atoms with Crippen LogP contribution in [0.3, 0.4) is 0 Å². The molecule has 13 heteroatoms. The highest BCUT2D eigenvalue weighted by atomic mass is 32.2. The van der Waals surface area contributed by atoms with Crippen molar-refractivity contribution in [3.63, 3.8) is 0 Å². The summed E-state index contributed by atoms with van der Waals surface area (Å²) >= 11 is 0. The lowest BCUT2D eigenvalue weighted by Gasteiger charge is -2.13. The number of nitrogens with zero attached hydrogens (tertiary/aromatic N) is 3. The molecule has 168 valence electrons. The minimum Gasteiger partial charge on any atom is -0.323 e. The van der Waals surface area contributed by atoms with E-state index in [-0.39, 0.29) is 22.4 Å². The van der Waals surface area contributed by atoms with E-state index in [9.17, 15) is 39.6 Å². The summed E-state index contributed by atoms with van der Waals surface area (Å²) in [5.74, 6) is -0.780. The molecule has 3 rings (SSSR count). The molecule has 6 nitrogen and oxygen atoms in total. The van der Waals surface area contributed by atoms with Gasteiger partial charge in [0, 0.05) is 19.7 Å². The van der Waals surface area contributed by atoms with Crippen molar-refractivity contribution >= 4 is 20.9 Å². The van der Waals surface area contributed by atoms with E-state index >= 15 is 0 Å². The van der Waals surface area contributed by atoms with Crippen molar-refractivity contribution in [3.05, 3.63) is 45.9 Å². The topological polar surface area (TPSA) is 74.0 Å². The highest BCUT2D eigenvalue weighted by Crippen LogP contribution is 2.36. The van der Waals surface area contributed by atoms with Crippen molar-refractivity contribution in [2.45, 2.75) is 24.2 Å². The SMILES string of the molecule is CCS(=O)(=O)c1cc(C(F)(F)F)ccc1-c1nc2cc(C(F)(F)F)n(C)c(=O)c2n1C. The van der Waals surface area contributed by atoms with Crippen LogP contribution in [0.5, 0.6) is 0 Å². The molecule has 0 amide bonds. The fourth-order valence-electron chi connectivity index (χ4n) is 3.18. The third-order valence-corrected chi connectivity index (χ3v) is 6.59. The summed E-state index contributed by atoms with van der Waals surface area (Å²) < 4.78 is 105. The third-order valence-electron chi connectivity index (χ3n) is 4.82. The van der Waals surface area contributed by atoms with Gasteiger partial charge in [-0.3, -0.25) is 4.79 Å². The maximum Gasteiger partial charge on any atom is 0.431 e. The highest BCUT2D eigenvalue weighted by molar-refractivity contribution is 7.91. The second-order valence-corrected chi connectivity index (χ2v) is 8.98. The lowest BCUT2D eigenvalue weighted by molar-refractivity contribution is -0.143. The Balaban J connectivity index is 2.41. The Labute approximate surface area is 171 Å². The van der Waals surface area contributed by atoms with Crippen LogP contribution in [0.4, 0.5) is 26.3 Å². The number of fused-ring (bicyclic) bond motifs is 1. The van der Waals surface area contributed by atoms with Crippen LogP contribution in [0.1, 0.15) is 18.2 Å². The van der Waals surface area contributed by atoms with Crippen LogP contribution < -0.4 is 5.56 Å². The lowest BCUT2D eigenvalue weighted by Crippen LogP contribution is -2.26. The van der Waals surface area contributed by atoms with Crippen molar-refractivity contribution in [2.75, 3.05) is 5.75 Å². The molecule has 0 aliphatic rings. The van der Waals surface area contributed by atoms with Crippen LogP contribution >= 0.6 is 0 Å². The molecular weight excluding hydrogens is 452 g/mol. The zero-order chi connectivity index (χ0) is 23.5. The predicted octanol–water partition coefficient (Wildman–Crippen LogP) is 3.77. The van der Waals surface area contributed by atoms with Crippen molar-refractivity contribution in [2.24, 2.45) is 14.1 Å². The van der Waals surface area contributed by atoms with Gasteiger partial charge in [0.2, 0.25) is 0 Å². The van der Waals surface area contributed by atoms with E-state index in [4.69, 9.17) is 0 Å². The smallest absolute Gasteiger partial charge is 0.323 e. The second-order valence-electron chi connectivity index (χ2n) is 6.73. The molecule has 0 spiro atoms. The number of imidazole rings is 1. The minimum atomic E-state index is -4.86. The van der Waals surface area contributed by atoms with Gasteiger partial charge in [-0.1, -0.05) is 6.92 Å². The molecule has 31 heavy (non-hydrogen) atoms. The number of benzene rings is 1. The number of aryl methyl sites for hydroxylation is 1. The molecule has 2 aromatic heterocycles. The zero-order valence-corrected chi connectivity index (χ0v) is 17.1. The summed E-state index contributed by atoms with van der Waals surface area (Å²) in [6.45, 7) is 1.24. The number of aromatic nitrogens is 3. The summed E-state index contributed by atoms with van der Waals surface area (Å²) in [6, 6.07) is 2.59. The summed E-state index contributed by atoms with van der Waals surface area (Å²) in [4.78, 5) is 15.8. The molecule has 0 saturated carbocycles. The average molecular weight is 467 g/mol. The number of halogens is 6. The molecule has 3 aromatic rings. The third kappa shape index (κ3) is 3.82. The Morgan fingerprint density at radius 3 is 2.10 bits per heavy atom. The van der Waals surface area contributed by atoms with Crippen LogP contribution in [0.2, 0.25) is 0 Å². The fourth-order valence-corrected chi connectivity index (χ4v) is 4.29. The van der Waals surface area contributed by atoms with E-state index in [0.29, 0.717) is 22.8 Å². The first kappa shape index (κ1) is 22.8. The van der Waals surface area contributed by atoms with Crippen molar-refractivity contribution in [1.29, 1.82) is 0 Å². The van der Waals surface area contributed by atoms with Gasteiger partial charge in [0.15, 0.2) is 9.84 Å². The molecule has 1 aromatic carbocycles. The first-order valence-electron chi connectivity index (χ1n) is 8.67. The Bertz CT molecular complexity index is 1350. The molecular formula is C18H15F6N3O3S. The molecule has 0 fully saturated rings. The van der Waals surface area contributed by atoms with Crippen molar-refractivity contribution in [3.8, 4) is 11.4 Å². The monoisotopic (exact) mass is 467 g/mol. The standard InChI is InChI=1S/C18H15F6N3O3S/c1-4-31(29,30)12-7-9(17(19,20)21)5-6-10(12)15-25-11-8-13(18(22,23)24)26(2)16(28)14(11)27(15)3/h5-8H,4H2,1-3H3. The first-order chi connectivity index (χ1) is 14.1. The second kappa shape index (κ2) is 7.11. The molecule has 0 N–H and O–H groups in total. The van der Waals surface area contributed by atoms with E-state index in [0.717, 1.165) is 17.7 Å². The van der Waals surface area contributed by atoms with Crippen LogP contribution in [0.25, 0.3) is 22.4 Å². The van der Waals surface area contributed by atoms with E-state index in [1.54, 1.807) is 0 Å².